The summed E-state index contributed by atoms with van der Waals surface area (Å²) < 4.78 is 30.7. The fraction of sp³-hybridized carbons (Fsp3) is 0.579. The number of nitrogens with zero attached hydrogens (tertiary/aromatic N) is 1. The Hall–Kier alpha value is -1.89. The first kappa shape index (κ1) is 18.9. The number of rotatable bonds is 5. The second kappa shape index (κ2) is 7.39. The zero-order valence-corrected chi connectivity index (χ0v) is 16.0. The van der Waals surface area contributed by atoms with Gasteiger partial charge in [0.2, 0.25) is 5.78 Å². The topological polar surface area (TPSA) is 82.4 Å². The normalized spacial score (nSPS) is 24.5. The lowest BCUT2D eigenvalue weighted by Gasteiger charge is -2.17. The summed E-state index contributed by atoms with van der Waals surface area (Å²) in [5, 5.41) is 0. The third-order valence-corrected chi connectivity index (χ3v) is 7.06. The van der Waals surface area contributed by atoms with Gasteiger partial charge in [0.15, 0.2) is 16.4 Å². The SMILES string of the molecule is Cc1cc(C(=O)COC(=O)[C@@H]2CC=CCC2)c(C)n1[C@H]1CCS(=O)(=O)C1. The van der Waals surface area contributed by atoms with Crippen molar-refractivity contribution in [1.82, 2.24) is 4.57 Å². The van der Waals surface area contributed by atoms with Crippen LogP contribution in [0.3, 0.4) is 0 Å². The van der Waals surface area contributed by atoms with Crippen LogP contribution in [0.25, 0.3) is 0 Å². The minimum absolute atomic E-state index is 0.112. The molecular weight excluding hydrogens is 354 g/mol. The minimum Gasteiger partial charge on any atom is -0.457 e. The molecule has 2 aliphatic rings. The van der Waals surface area contributed by atoms with Gasteiger partial charge in [-0.05, 0) is 45.6 Å². The van der Waals surface area contributed by atoms with Crippen molar-refractivity contribution in [3.05, 3.63) is 35.2 Å². The zero-order chi connectivity index (χ0) is 18.9. The summed E-state index contributed by atoms with van der Waals surface area (Å²) in [6.45, 7) is 3.42. The fourth-order valence-corrected chi connectivity index (χ4v) is 5.64. The summed E-state index contributed by atoms with van der Waals surface area (Å²) >= 11 is 0. The Morgan fingerprint density at radius 2 is 2.00 bits per heavy atom. The third-order valence-electron chi connectivity index (χ3n) is 5.31. The maximum atomic E-state index is 12.5. The van der Waals surface area contributed by atoms with E-state index in [1.807, 2.05) is 30.6 Å². The molecule has 1 saturated heterocycles. The van der Waals surface area contributed by atoms with Crippen molar-refractivity contribution >= 4 is 21.6 Å². The van der Waals surface area contributed by atoms with E-state index in [4.69, 9.17) is 4.74 Å². The molecule has 1 aliphatic carbocycles. The predicted molar refractivity (Wildman–Crippen MR) is 98.0 cm³/mol. The van der Waals surface area contributed by atoms with Crippen LogP contribution < -0.4 is 0 Å². The van der Waals surface area contributed by atoms with Gasteiger partial charge in [-0.1, -0.05) is 12.2 Å². The first-order valence-electron chi connectivity index (χ1n) is 9.02. The molecule has 142 valence electrons. The maximum Gasteiger partial charge on any atom is 0.309 e. The van der Waals surface area contributed by atoms with Gasteiger partial charge in [-0.3, -0.25) is 9.59 Å². The van der Waals surface area contributed by atoms with Crippen molar-refractivity contribution in [2.75, 3.05) is 18.1 Å². The number of hydrogen-bond acceptors (Lipinski definition) is 5. The van der Waals surface area contributed by atoms with Crippen LogP contribution in [-0.4, -0.2) is 42.9 Å². The molecular formula is C19H25NO5S. The van der Waals surface area contributed by atoms with Crippen molar-refractivity contribution < 1.29 is 22.7 Å². The van der Waals surface area contributed by atoms with Gasteiger partial charge in [0, 0.05) is 23.0 Å². The molecule has 2 atom stereocenters. The monoisotopic (exact) mass is 379 g/mol. The van der Waals surface area contributed by atoms with E-state index in [2.05, 4.69) is 0 Å². The number of aromatic nitrogens is 1. The molecule has 0 bridgehead atoms. The second-order valence-electron chi connectivity index (χ2n) is 7.22. The smallest absolute Gasteiger partial charge is 0.309 e. The molecule has 1 aromatic heterocycles. The molecule has 6 nitrogen and oxygen atoms in total. The lowest BCUT2D eigenvalue weighted by atomic mass is 9.95. The highest BCUT2D eigenvalue weighted by molar-refractivity contribution is 7.91. The Morgan fingerprint density at radius 3 is 2.62 bits per heavy atom. The fourth-order valence-electron chi connectivity index (χ4n) is 3.94. The molecule has 1 fully saturated rings. The first-order chi connectivity index (χ1) is 12.3. The molecule has 0 N–H and O–H groups in total. The Bertz CT molecular complexity index is 850. The van der Waals surface area contributed by atoms with Crippen LogP contribution in [0.2, 0.25) is 0 Å². The van der Waals surface area contributed by atoms with Crippen LogP contribution in [0.15, 0.2) is 18.2 Å². The Balaban J connectivity index is 1.67. The van der Waals surface area contributed by atoms with Gasteiger partial charge in [-0.15, -0.1) is 0 Å². The quantitative estimate of drug-likeness (QED) is 0.446. The van der Waals surface area contributed by atoms with Gasteiger partial charge in [0.05, 0.1) is 17.4 Å². The van der Waals surface area contributed by atoms with E-state index in [1.165, 1.54) is 0 Å². The van der Waals surface area contributed by atoms with E-state index in [0.717, 1.165) is 24.2 Å². The largest absolute Gasteiger partial charge is 0.457 e. The third kappa shape index (κ3) is 3.92. The highest BCUT2D eigenvalue weighted by atomic mass is 32.2. The highest BCUT2D eigenvalue weighted by Gasteiger charge is 2.32. The van der Waals surface area contributed by atoms with Crippen LogP contribution >= 0.6 is 0 Å². The van der Waals surface area contributed by atoms with Crippen molar-refractivity contribution in [1.29, 1.82) is 0 Å². The summed E-state index contributed by atoms with van der Waals surface area (Å²) in [7, 11) is -3.00. The van der Waals surface area contributed by atoms with Gasteiger partial charge in [-0.25, -0.2) is 8.42 Å². The summed E-state index contributed by atoms with van der Waals surface area (Å²) in [5.74, 6) is -0.431. The maximum absolute atomic E-state index is 12.5. The molecule has 1 aromatic rings. The van der Waals surface area contributed by atoms with E-state index in [1.54, 1.807) is 6.07 Å². The number of sulfone groups is 1. The van der Waals surface area contributed by atoms with E-state index in [-0.39, 0.29) is 41.8 Å². The average molecular weight is 379 g/mol. The molecule has 3 rings (SSSR count). The molecule has 2 heterocycles. The average Bonchev–Trinajstić information content (AvgIpc) is 3.11. The zero-order valence-electron chi connectivity index (χ0n) is 15.2. The van der Waals surface area contributed by atoms with Gasteiger partial charge < -0.3 is 9.30 Å². The van der Waals surface area contributed by atoms with Gasteiger partial charge >= 0.3 is 5.97 Å². The molecule has 0 spiro atoms. The van der Waals surface area contributed by atoms with E-state index >= 15 is 0 Å². The number of ketones is 1. The Kier molecular flexibility index (Phi) is 5.37. The van der Waals surface area contributed by atoms with Gasteiger partial charge in [0.1, 0.15) is 0 Å². The van der Waals surface area contributed by atoms with Gasteiger partial charge in [0.25, 0.3) is 0 Å². The number of Topliss-reactive ketones (excluding diaryl/α,β-unsaturated/α-hetero) is 1. The number of aryl methyl sites for hydroxylation is 1. The molecule has 26 heavy (non-hydrogen) atoms. The first-order valence-corrected chi connectivity index (χ1v) is 10.8. The lowest BCUT2D eigenvalue weighted by molar-refractivity contribution is -0.147. The van der Waals surface area contributed by atoms with Crippen molar-refractivity contribution in [2.24, 2.45) is 5.92 Å². The molecule has 7 heteroatoms. The summed E-state index contributed by atoms with van der Waals surface area (Å²) in [4.78, 5) is 24.6. The summed E-state index contributed by atoms with van der Waals surface area (Å²) in [5.41, 5.74) is 2.10. The van der Waals surface area contributed by atoms with Crippen LogP contribution in [0.5, 0.6) is 0 Å². The lowest BCUT2D eigenvalue weighted by Crippen LogP contribution is -2.22. The van der Waals surface area contributed by atoms with E-state index in [0.29, 0.717) is 18.4 Å². The Labute approximate surface area is 154 Å². The van der Waals surface area contributed by atoms with Crippen LogP contribution in [0.4, 0.5) is 0 Å². The second-order valence-corrected chi connectivity index (χ2v) is 9.45. The van der Waals surface area contributed by atoms with Crippen LogP contribution in [0.1, 0.15) is 53.5 Å². The minimum atomic E-state index is -3.00. The van der Waals surface area contributed by atoms with Crippen LogP contribution in [0, 0.1) is 19.8 Å². The molecule has 0 unspecified atom stereocenters. The molecule has 1 aliphatic heterocycles. The number of hydrogen-bond donors (Lipinski definition) is 0. The number of ether oxygens (including phenoxy) is 1. The van der Waals surface area contributed by atoms with Crippen molar-refractivity contribution in [3.8, 4) is 0 Å². The van der Waals surface area contributed by atoms with Crippen molar-refractivity contribution in [2.45, 2.75) is 45.6 Å². The number of esters is 1. The number of allylic oxidation sites excluding steroid dienone is 2. The molecule has 0 amide bonds. The Morgan fingerprint density at radius 1 is 1.23 bits per heavy atom. The van der Waals surface area contributed by atoms with Crippen molar-refractivity contribution in [3.63, 3.8) is 0 Å². The number of carbonyl (C=O) groups is 2. The molecule has 0 saturated carbocycles. The van der Waals surface area contributed by atoms with E-state index < -0.39 is 9.84 Å². The van der Waals surface area contributed by atoms with Crippen LogP contribution in [-0.2, 0) is 19.4 Å². The van der Waals surface area contributed by atoms with E-state index in [9.17, 15) is 18.0 Å². The predicted octanol–water partition coefficient (Wildman–Crippen LogP) is 2.55. The molecule has 0 aromatic carbocycles. The van der Waals surface area contributed by atoms with Gasteiger partial charge in [-0.2, -0.15) is 0 Å². The highest BCUT2D eigenvalue weighted by Crippen LogP contribution is 2.29. The summed E-state index contributed by atoms with van der Waals surface area (Å²) in [6.07, 6.45) is 6.87. The number of carbonyl (C=O) groups excluding carboxylic acids is 2. The standard InChI is InChI=1S/C19H25NO5S/c1-13-10-17(14(2)20(13)16-8-9-26(23,24)12-16)18(21)11-25-19(22)15-6-4-3-5-7-15/h3-4,10,15-16H,5-9,11-12H2,1-2H3/t15-,16+/m1/s1. The molecule has 0 radical (unpaired) electrons. The summed E-state index contributed by atoms with van der Waals surface area (Å²) in [6, 6.07) is 1.64.